The first-order valence-corrected chi connectivity index (χ1v) is 11.3. The zero-order valence-electron chi connectivity index (χ0n) is 18.6. The fraction of sp³-hybridized carbons (Fsp3) is 0.400. The Morgan fingerprint density at radius 2 is 2.06 bits per heavy atom. The number of likely N-dealkylation sites (tertiary alicyclic amines) is 1. The van der Waals surface area contributed by atoms with Crippen molar-refractivity contribution in [2.75, 3.05) is 20.2 Å². The molecule has 0 bridgehead atoms. The predicted octanol–water partition coefficient (Wildman–Crippen LogP) is 3.58. The van der Waals surface area contributed by atoms with Crippen LogP contribution in [-0.2, 0) is 17.9 Å². The lowest BCUT2D eigenvalue weighted by Crippen LogP contribution is -2.36. The molecule has 1 aliphatic heterocycles. The summed E-state index contributed by atoms with van der Waals surface area (Å²) in [5, 5.41) is 3.04. The van der Waals surface area contributed by atoms with Gasteiger partial charge in [-0.25, -0.2) is 9.97 Å². The summed E-state index contributed by atoms with van der Waals surface area (Å²) in [6, 6.07) is 13.8. The van der Waals surface area contributed by atoms with Gasteiger partial charge in [0.15, 0.2) is 0 Å². The second kappa shape index (κ2) is 10.9. The number of ether oxygens (including phenoxy) is 1. The molecule has 1 fully saturated rings. The maximum Gasteiger partial charge on any atom is 0.233 e. The van der Waals surface area contributed by atoms with Crippen LogP contribution >= 0.6 is 0 Å². The third kappa shape index (κ3) is 5.95. The zero-order chi connectivity index (χ0) is 22.2. The summed E-state index contributed by atoms with van der Waals surface area (Å²) in [5.74, 6) is 2.17. The molecule has 7 nitrogen and oxygen atoms in total. The second-order valence-electron chi connectivity index (χ2n) is 8.33. The van der Waals surface area contributed by atoms with E-state index < -0.39 is 0 Å². The Kier molecular flexibility index (Phi) is 7.51. The number of benzene rings is 1. The number of nitrogens with one attached hydrogen (secondary N) is 1. The van der Waals surface area contributed by atoms with Crippen LogP contribution in [0.2, 0.25) is 0 Å². The van der Waals surface area contributed by atoms with Crippen molar-refractivity contribution in [2.45, 2.75) is 38.8 Å². The van der Waals surface area contributed by atoms with Crippen LogP contribution in [0, 0.1) is 5.92 Å². The molecular formula is C25H31N5O2. The van der Waals surface area contributed by atoms with E-state index >= 15 is 0 Å². The number of hydrogen-bond donors (Lipinski definition) is 1. The van der Waals surface area contributed by atoms with Crippen molar-refractivity contribution in [3.05, 3.63) is 72.3 Å². The predicted molar refractivity (Wildman–Crippen MR) is 123 cm³/mol. The maximum atomic E-state index is 12.4. The highest BCUT2D eigenvalue weighted by molar-refractivity contribution is 5.75. The standard InChI is InChI=1S/C25H31N5O2/c1-32-23-9-2-6-21(16-23)17-28-24(31)11-10-20-7-3-14-29(18-20)19-22-8-4-15-30(22)25-26-12-5-13-27-25/h2,4-6,8-9,12-13,15-16,20H,3,7,10-11,14,17-19H2,1H3,(H,28,31)/t20-/m0/s1. The molecule has 0 unspecified atom stereocenters. The highest BCUT2D eigenvalue weighted by Gasteiger charge is 2.21. The van der Waals surface area contributed by atoms with Crippen LogP contribution in [0.1, 0.15) is 36.9 Å². The Hall–Kier alpha value is -3.19. The van der Waals surface area contributed by atoms with Gasteiger partial charge in [0.05, 0.1) is 7.11 Å². The lowest BCUT2D eigenvalue weighted by Gasteiger charge is -2.32. The van der Waals surface area contributed by atoms with E-state index in [0.717, 1.165) is 37.4 Å². The number of carbonyl (C=O) groups is 1. The lowest BCUT2D eigenvalue weighted by molar-refractivity contribution is -0.121. The van der Waals surface area contributed by atoms with Crippen LogP contribution < -0.4 is 10.1 Å². The minimum absolute atomic E-state index is 0.111. The average molecular weight is 434 g/mol. The van der Waals surface area contributed by atoms with Gasteiger partial charge in [-0.05, 0) is 67.6 Å². The number of aromatic nitrogens is 3. The van der Waals surface area contributed by atoms with Gasteiger partial charge >= 0.3 is 0 Å². The van der Waals surface area contributed by atoms with Crippen molar-refractivity contribution < 1.29 is 9.53 Å². The molecule has 2 aromatic heterocycles. The van der Waals surface area contributed by atoms with E-state index in [1.165, 1.54) is 18.5 Å². The third-order valence-electron chi connectivity index (χ3n) is 5.99. The number of amides is 1. The average Bonchev–Trinajstić information content (AvgIpc) is 3.30. The Balaban J connectivity index is 1.24. The van der Waals surface area contributed by atoms with Gasteiger partial charge in [0.2, 0.25) is 11.9 Å². The number of rotatable bonds is 9. The Morgan fingerprint density at radius 3 is 2.91 bits per heavy atom. The van der Waals surface area contributed by atoms with Crippen molar-refractivity contribution in [2.24, 2.45) is 5.92 Å². The molecule has 0 spiro atoms. The normalized spacial score (nSPS) is 16.6. The molecule has 4 rings (SSSR count). The second-order valence-corrected chi connectivity index (χ2v) is 8.33. The fourth-order valence-corrected chi connectivity index (χ4v) is 4.32. The molecule has 0 aliphatic carbocycles. The minimum atomic E-state index is 0.111. The SMILES string of the molecule is COc1cccc(CNC(=O)CC[C@@H]2CCCN(Cc3cccn3-c3ncccn3)C2)c1. The topological polar surface area (TPSA) is 72.3 Å². The van der Waals surface area contributed by atoms with Crippen LogP contribution in [0.3, 0.4) is 0 Å². The highest BCUT2D eigenvalue weighted by Crippen LogP contribution is 2.23. The third-order valence-corrected chi connectivity index (χ3v) is 5.99. The summed E-state index contributed by atoms with van der Waals surface area (Å²) in [6.07, 6.45) is 9.38. The Bertz CT molecular complexity index is 1000. The molecule has 0 radical (unpaired) electrons. The Morgan fingerprint density at radius 1 is 1.19 bits per heavy atom. The van der Waals surface area contributed by atoms with Gasteiger partial charge < -0.3 is 10.1 Å². The van der Waals surface area contributed by atoms with Crippen LogP contribution in [0.15, 0.2) is 61.1 Å². The number of hydrogen-bond acceptors (Lipinski definition) is 5. The van der Waals surface area contributed by atoms with Crippen molar-refractivity contribution >= 4 is 5.91 Å². The van der Waals surface area contributed by atoms with E-state index in [4.69, 9.17) is 4.74 Å². The summed E-state index contributed by atoms with van der Waals surface area (Å²) in [6.45, 7) is 3.50. The van der Waals surface area contributed by atoms with E-state index in [0.29, 0.717) is 24.8 Å². The summed E-state index contributed by atoms with van der Waals surface area (Å²) in [5.41, 5.74) is 2.24. The molecule has 168 valence electrons. The number of piperidine rings is 1. The molecule has 32 heavy (non-hydrogen) atoms. The summed E-state index contributed by atoms with van der Waals surface area (Å²) >= 11 is 0. The van der Waals surface area contributed by atoms with Crippen LogP contribution in [0.4, 0.5) is 0 Å². The largest absolute Gasteiger partial charge is 0.497 e. The molecule has 1 N–H and O–H groups in total. The van der Waals surface area contributed by atoms with Crippen molar-refractivity contribution in [1.82, 2.24) is 24.8 Å². The molecule has 7 heteroatoms. The van der Waals surface area contributed by atoms with E-state index in [9.17, 15) is 4.79 Å². The van der Waals surface area contributed by atoms with Gasteiger partial charge in [-0.3, -0.25) is 14.3 Å². The minimum Gasteiger partial charge on any atom is -0.497 e. The van der Waals surface area contributed by atoms with Crippen LogP contribution in [0.25, 0.3) is 5.95 Å². The van der Waals surface area contributed by atoms with Crippen LogP contribution in [0.5, 0.6) is 5.75 Å². The first-order valence-electron chi connectivity index (χ1n) is 11.3. The lowest BCUT2D eigenvalue weighted by atomic mass is 9.93. The molecule has 0 saturated carbocycles. The van der Waals surface area contributed by atoms with E-state index in [1.807, 2.05) is 42.6 Å². The summed E-state index contributed by atoms with van der Waals surface area (Å²) in [7, 11) is 1.65. The van der Waals surface area contributed by atoms with Gasteiger partial charge in [-0.1, -0.05) is 12.1 Å². The Labute approximate surface area is 189 Å². The van der Waals surface area contributed by atoms with Crippen molar-refractivity contribution in [1.29, 1.82) is 0 Å². The van der Waals surface area contributed by atoms with Crippen molar-refractivity contribution in [3.8, 4) is 11.7 Å². The molecule has 1 aromatic carbocycles. The first kappa shape index (κ1) is 22.0. The van der Waals surface area contributed by atoms with Gasteiger partial charge in [0, 0.05) is 50.3 Å². The van der Waals surface area contributed by atoms with E-state index in [-0.39, 0.29) is 5.91 Å². The molecule has 3 heterocycles. The monoisotopic (exact) mass is 433 g/mol. The molecule has 1 aliphatic rings. The summed E-state index contributed by atoms with van der Waals surface area (Å²) < 4.78 is 7.29. The molecular weight excluding hydrogens is 402 g/mol. The summed E-state index contributed by atoms with van der Waals surface area (Å²) in [4.78, 5) is 23.6. The van der Waals surface area contributed by atoms with Crippen LogP contribution in [-0.4, -0.2) is 45.5 Å². The molecule has 1 amide bonds. The molecule has 3 aromatic rings. The fourth-order valence-electron chi connectivity index (χ4n) is 4.32. The van der Waals surface area contributed by atoms with Gasteiger partial charge in [0.25, 0.3) is 0 Å². The van der Waals surface area contributed by atoms with E-state index in [1.54, 1.807) is 19.5 Å². The highest BCUT2D eigenvalue weighted by atomic mass is 16.5. The number of methoxy groups -OCH3 is 1. The van der Waals surface area contributed by atoms with Gasteiger partial charge in [0.1, 0.15) is 5.75 Å². The quantitative estimate of drug-likeness (QED) is 0.558. The zero-order valence-corrected chi connectivity index (χ0v) is 18.6. The van der Waals surface area contributed by atoms with E-state index in [2.05, 4.69) is 30.8 Å². The molecule has 1 atom stereocenters. The number of carbonyl (C=O) groups excluding carboxylic acids is 1. The van der Waals surface area contributed by atoms with Gasteiger partial charge in [-0.2, -0.15) is 0 Å². The maximum absolute atomic E-state index is 12.4. The molecule has 1 saturated heterocycles. The van der Waals surface area contributed by atoms with Gasteiger partial charge in [-0.15, -0.1) is 0 Å². The number of nitrogens with zero attached hydrogens (tertiary/aromatic N) is 4. The smallest absolute Gasteiger partial charge is 0.233 e. The van der Waals surface area contributed by atoms with Crippen molar-refractivity contribution in [3.63, 3.8) is 0 Å². The first-order chi connectivity index (χ1) is 15.7.